The fourth-order valence-corrected chi connectivity index (χ4v) is 5.75. The maximum Gasteiger partial charge on any atom is 0.241 e. The molecule has 2 fully saturated rings. The largest absolute Gasteiger partial charge is 0.274 e. The number of imide groups is 1. The van der Waals surface area contributed by atoms with Gasteiger partial charge in [0.05, 0.1) is 28.7 Å². The minimum Gasteiger partial charge on any atom is -0.274 e. The predicted octanol–water partition coefficient (Wildman–Crippen LogP) is 4.76. The van der Waals surface area contributed by atoms with Crippen LogP contribution in [-0.4, -0.2) is 16.8 Å². The number of anilines is 1. The number of carbonyl (C=O) groups excluding carboxylic acids is 2. The Balaban J connectivity index is 1.68. The van der Waals surface area contributed by atoms with Crippen LogP contribution in [0.25, 0.3) is 0 Å². The van der Waals surface area contributed by atoms with Gasteiger partial charge in [0.1, 0.15) is 0 Å². The molecule has 1 saturated heterocycles. The highest BCUT2D eigenvalue weighted by Crippen LogP contribution is 2.76. The molecule has 1 aliphatic heterocycles. The second-order valence-electron chi connectivity index (χ2n) is 7.97. The van der Waals surface area contributed by atoms with Crippen molar-refractivity contribution in [3.63, 3.8) is 0 Å². The van der Waals surface area contributed by atoms with Crippen molar-refractivity contribution < 1.29 is 9.59 Å². The fraction of sp³-hybridized carbons (Fsp3) is 0.167. The van der Waals surface area contributed by atoms with E-state index >= 15 is 0 Å². The predicted molar refractivity (Wildman–Crippen MR) is 117 cm³/mol. The summed E-state index contributed by atoms with van der Waals surface area (Å²) in [6, 6.07) is 17.5. The maximum atomic E-state index is 13.7. The van der Waals surface area contributed by atoms with Gasteiger partial charge in [0.25, 0.3) is 0 Å². The normalized spacial score (nSPS) is 26.5. The summed E-state index contributed by atoms with van der Waals surface area (Å²) in [5, 5.41) is 9.87. The van der Waals surface area contributed by atoms with Crippen LogP contribution in [0.4, 0.5) is 5.69 Å². The van der Waals surface area contributed by atoms with Gasteiger partial charge in [0.2, 0.25) is 11.8 Å². The lowest BCUT2D eigenvalue weighted by molar-refractivity contribution is -0.125. The first-order valence-corrected chi connectivity index (χ1v) is 10.4. The molecule has 1 unspecified atom stereocenters. The highest BCUT2D eigenvalue weighted by Gasteiger charge is 2.86. The summed E-state index contributed by atoms with van der Waals surface area (Å²) in [5.41, 5.74) is 0.702. The molecule has 7 heteroatoms. The average molecular weight is 448 g/mol. The van der Waals surface area contributed by atoms with Crippen LogP contribution in [-0.2, 0) is 15.0 Å². The number of rotatable bonds is 3. The van der Waals surface area contributed by atoms with Crippen molar-refractivity contribution in [1.29, 1.82) is 5.26 Å². The Labute approximate surface area is 188 Å². The van der Waals surface area contributed by atoms with Crippen LogP contribution < -0.4 is 4.90 Å². The summed E-state index contributed by atoms with van der Waals surface area (Å²) in [5.74, 6) is -1.20. The Morgan fingerprint density at radius 3 is 2.06 bits per heavy atom. The van der Waals surface area contributed by atoms with Gasteiger partial charge in [0.15, 0.2) is 0 Å². The van der Waals surface area contributed by atoms with Gasteiger partial charge >= 0.3 is 0 Å². The Kier molecular flexibility index (Phi) is 4.23. The van der Waals surface area contributed by atoms with Gasteiger partial charge in [0, 0.05) is 27.9 Å². The molecule has 3 aromatic rings. The Morgan fingerprint density at radius 1 is 0.968 bits per heavy atom. The minimum absolute atomic E-state index is 0.299. The Bertz CT molecular complexity index is 1270. The van der Waals surface area contributed by atoms with Gasteiger partial charge in [-0.25, -0.2) is 4.90 Å². The summed E-state index contributed by atoms with van der Waals surface area (Å²) < 4.78 is 0. The molecule has 31 heavy (non-hydrogen) atoms. The quantitative estimate of drug-likeness (QED) is 0.542. The van der Waals surface area contributed by atoms with E-state index in [-0.39, 0.29) is 11.8 Å². The molecule has 5 rings (SSSR count). The topological polar surface area (TPSA) is 74.1 Å². The van der Waals surface area contributed by atoms with E-state index in [0.717, 1.165) is 11.1 Å². The van der Waals surface area contributed by atoms with Gasteiger partial charge in [-0.05, 0) is 60.5 Å². The van der Waals surface area contributed by atoms with E-state index < -0.39 is 16.7 Å². The SMILES string of the molecule is C[C@]12C(=O)N(c3cc(Cl)cc(Cl)c3)C(=O)C1[C@]2(c1ccncc1)c1ccc(C#N)cc1. The molecular weight excluding hydrogens is 433 g/mol. The van der Waals surface area contributed by atoms with Crippen molar-refractivity contribution in [2.75, 3.05) is 4.90 Å². The number of fused-ring (bicyclic) bond motifs is 1. The first kappa shape index (κ1) is 19.7. The van der Waals surface area contributed by atoms with Gasteiger partial charge in [-0.3, -0.25) is 14.6 Å². The van der Waals surface area contributed by atoms with Crippen LogP contribution in [0, 0.1) is 22.7 Å². The molecule has 3 atom stereocenters. The number of aromatic nitrogens is 1. The van der Waals surface area contributed by atoms with E-state index in [0.29, 0.717) is 21.3 Å². The zero-order valence-corrected chi connectivity index (χ0v) is 17.9. The first-order valence-electron chi connectivity index (χ1n) is 9.61. The van der Waals surface area contributed by atoms with Crippen molar-refractivity contribution in [3.05, 3.63) is 93.7 Å². The highest BCUT2D eigenvalue weighted by atomic mass is 35.5. The van der Waals surface area contributed by atoms with Crippen LogP contribution in [0.1, 0.15) is 23.6 Å². The van der Waals surface area contributed by atoms with Crippen LogP contribution in [0.3, 0.4) is 0 Å². The smallest absolute Gasteiger partial charge is 0.241 e. The van der Waals surface area contributed by atoms with Crippen LogP contribution in [0.5, 0.6) is 0 Å². The standard InChI is InChI=1S/C24H15Cl2N3O2/c1-23-20(21(30)29(22(23)31)19-11-17(25)10-18(26)12-19)24(23,16-6-8-28-9-7-16)15-4-2-14(13-27)3-5-15/h2-12,20H,1H3/t20?,23-,24-/m1/s1. The number of amides is 2. The number of halogens is 2. The molecule has 0 bridgehead atoms. The molecule has 2 aliphatic rings. The first-order chi connectivity index (χ1) is 14.9. The van der Waals surface area contributed by atoms with Crippen molar-refractivity contribution >= 4 is 40.7 Å². The molecule has 152 valence electrons. The third kappa shape index (κ3) is 2.46. The van der Waals surface area contributed by atoms with Gasteiger partial charge in [-0.2, -0.15) is 5.26 Å². The zero-order valence-electron chi connectivity index (χ0n) is 16.3. The van der Waals surface area contributed by atoms with E-state index in [9.17, 15) is 14.9 Å². The summed E-state index contributed by atoms with van der Waals surface area (Å²) in [7, 11) is 0. The minimum atomic E-state index is -0.992. The molecule has 1 aliphatic carbocycles. The third-order valence-corrected chi connectivity index (χ3v) is 7.01. The monoisotopic (exact) mass is 447 g/mol. The van der Waals surface area contributed by atoms with Gasteiger partial charge in [-0.1, -0.05) is 35.3 Å². The van der Waals surface area contributed by atoms with Crippen molar-refractivity contribution in [2.24, 2.45) is 11.3 Å². The number of hydrogen-bond donors (Lipinski definition) is 0. The average Bonchev–Trinajstić information content (AvgIpc) is 3.28. The van der Waals surface area contributed by atoms with Crippen molar-refractivity contribution in [2.45, 2.75) is 12.3 Å². The van der Waals surface area contributed by atoms with Crippen LogP contribution in [0.15, 0.2) is 67.0 Å². The summed E-state index contributed by atoms with van der Waals surface area (Å²) >= 11 is 12.2. The summed E-state index contributed by atoms with van der Waals surface area (Å²) in [6.07, 6.45) is 3.31. The summed E-state index contributed by atoms with van der Waals surface area (Å²) in [4.78, 5) is 32.6. The molecule has 2 aromatic carbocycles. The van der Waals surface area contributed by atoms with E-state index in [2.05, 4.69) is 11.1 Å². The van der Waals surface area contributed by atoms with Crippen LogP contribution >= 0.6 is 23.2 Å². The lowest BCUT2D eigenvalue weighted by atomic mass is 9.79. The summed E-state index contributed by atoms with van der Waals surface area (Å²) in [6.45, 7) is 1.82. The fourth-order valence-electron chi connectivity index (χ4n) is 5.24. The number of hydrogen-bond acceptors (Lipinski definition) is 4. The maximum absolute atomic E-state index is 13.7. The molecule has 1 saturated carbocycles. The van der Waals surface area contributed by atoms with Crippen molar-refractivity contribution in [3.8, 4) is 6.07 Å². The second kappa shape index (κ2) is 6.65. The molecule has 0 radical (unpaired) electrons. The van der Waals surface area contributed by atoms with E-state index in [1.54, 1.807) is 42.7 Å². The zero-order chi connectivity index (χ0) is 22.0. The number of carbonyl (C=O) groups is 2. The molecular formula is C24H15Cl2N3O2. The molecule has 2 heterocycles. The molecule has 5 nitrogen and oxygen atoms in total. The van der Waals surface area contributed by atoms with Crippen molar-refractivity contribution in [1.82, 2.24) is 4.98 Å². The number of nitrogens with zero attached hydrogens (tertiary/aromatic N) is 3. The molecule has 2 amide bonds. The lowest BCUT2D eigenvalue weighted by Crippen LogP contribution is -2.42. The van der Waals surface area contributed by atoms with E-state index in [1.165, 1.54) is 4.90 Å². The van der Waals surface area contributed by atoms with Gasteiger partial charge in [-0.15, -0.1) is 0 Å². The lowest BCUT2D eigenvalue weighted by Gasteiger charge is -2.29. The van der Waals surface area contributed by atoms with Crippen LogP contribution in [0.2, 0.25) is 10.0 Å². The number of pyridine rings is 1. The molecule has 1 aromatic heterocycles. The number of nitriles is 1. The molecule has 0 N–H and O–H groups in total. The van der Waals surface area contributed by atoms with E-state index in [4.69, 9.17) is 23.2 Å². The Morgan fingerprint density at radius 2 is 1.55 bits per heavy atom. The third-order valence-electron chi connectivity index (χ3n) is 6.57. The molecule has 0 spiro atoms. The Hall–Kier alpha value is -3.20. The number of piperidine rings is 1. The number of benzene rings is 2. The second-order valence-corrected chi connectivity index (χ2v) is 8.85. The van der Waals surface area contributed by atoms with Gasteiger partial charge < -0.3 is 0 Å². The van der Waals surface area contributed by atoms with E-state index in [1.807, 2.05) is 31.2 Å². The highest BCUT2D eigenvalue weighted by molar-refractivity contribution is 6.36.